The van der Waals surface area contributed by atoms with Gasteiger partial charge in [0.1, 0.15) is 6.04 Å². The summed E-state index contributed by atoms with van der Waals surface area (Å²) in [6.07, 6.45) is 0. The molecule has 15 heavy (non-hydrogen) atoms. The SMILES string of the molecule is CC(C)NC(C#N)C(C)c1ccccc1. The summed E-state index contributed by atoms with van der Waals surface area (Å²) in [6, 6.07) is 12.7. The van der Waals surface area contributed by atoms with Gasteiger partial charge in [-0.25, -0.2) is 0 Å². The first kappa shape index (κ1) is 11.7. The van der Waals surface area contributed by atoms with E-state index >= 15 is 0 Å². The van der Waals surface area contributed by atoms with Crippen molar-refractivity contribution in [2.45, 2.75) is 38.8 Å². The fourth-order valence-corrected chi connectivity index (χ4v) is 1.60. The van der Waals surface area contributed by atoms with Crippen molar-refractivity contribution in [1.29, 1.82) is 5.26 Å². The van der Waals surface area contributed by atoms with Gasteiger partial charge in [0, 0.05) is 12.0 Å². The van der Waals surface area contributed by atoms with Gasteiger partial charge >= 0.3 is 0 Å². The van der Waals surface area contributed by atoms with Crippen molar-refractivity contribution in [3.8, 4) is 6.07 Å². The van der Waals surface area contributed by atoms with Crippen LogP contribution in [0.4, 0.5) is 0 Å². The number of benzene rings is 1. The fourth-order valence-electron chi connectivity index (χ4n) is 1.60. The molecular weight excluding hydrogens is 184 g/mol. The maximum Gasteiger partial charge on any atom is 0.102 e. The van der Waals surface area contributed by atoms with Gasteiger partial charge in [-0.1, -0.05) is 37.3 Å². The van der Waals surface area contributed by atoms with Crippen molar-refractivity contribution in [1.82, 2.24) is 5.32 Å². The van der Waals surface area contributed by atoms with Gasteiger partial charge in [-0.15, -0.1) is 0 Å². The molecule has 2 nitrogen and oxygen atoms in total. The lowest BCUT2D eigenvalue weighted by molar-refractivity contribution is 0.480. The Morgan fingerprint density at radius 3 is 2.20 bits per heavy atom. The number of nitriles is 1. The van der Waals surface area contributed by atoms with Crippen LogP contribution < -0.4 is 5.32 Å². The van der Waals surface area contributed by atoms with E-state index in [9.17, 15) is 0 Å². The second-order valence-electron chi connectivity index (χ2n) is 4.13. The van der Waals surface area contributed by atoms with Crippen molar-refractivity contribution in [3.63, 3.8) is 0 Å². The summed E-state index contributed by atoms with van der Waals surface area (Å²) in [5.41, 5.74) is 1.21. The van der Waals surface area contributed by atoms with E-state index in [1.807, 2.05) is 18.2 Å². The van der Waals surface area contributed by atoms with Gasteiger partial charge in [0.25, 0.3) is 0 Å². The summed E-state index contributed by atoms with van der Waals surface area (Å²) >= 11 is 0. The molecule has 0 aliphatic heterocycles. The molecule has 1 aromatic rings. The van der Waals surface area contributed by atoms with Crippen LogP contribution in [0.25, 0.3) is 0 Å². The third-order valence-corrected chi connectivity index (χ3v) is 2.48. The van der Waals surface area contributed by atoms with E-state index in [-0.39, 0.29) is 12.0 Å². The van der Waals surface area contributed by atoms with E-state index in [0.717, 1.165) is 0 Å². The van der Waals surface area contributed by atoms with Crippen LogP contribution in [-0.4, -0.2) is 12.1 Å². The highest BCUT2D eigenvalue weighted by Gasteiger charge is 2.18. The summed E-state index contributed by atoms with van der Waals surface area (Å²) in [5.74, 6) is 0.221. The Kier molecular flexibility index (Phi) is 4.33. The third kappa shape index (κ3) is 3.38. The van der Waals surface area contributed by atoms with Crippen LogP contribution in [-0.2, 0) is 0 Å². The highest BCUT2D eigenvalue weighted by Crippen LogP contribution is 2.18. The van der Waals surface area contributed by atoms with Crippen LogP contribution in [0.5, 0.6) is 0 Å². The van der Waals surface area contributed by atoms with Crippen LogP contribution in [0.1, 0.15) is 32.3 Å². The Labute approximate surface area is 91.9 Å². The van der Waals surface area contributed by atoms with Crippen LogP contribution in [0, 0.1) is 11.3 Å². The minimum absolute atomic E-state index is 0.118. The molecule has 0 aromatic heterocycles. The molecule has 0 radical (unpaired) electrons. The van der Waals surface area contributed by atoms with E-state index < -0.39 is 0 Å². The molecule has 2 heteroatoms. The fraction of sp³-hybridized carbons (Fsp3) is 0.462. The number of rotatable bonds is 4. The quantitative estimate of drug-likeness (QED) is 0.814. The van der Waals surface area contributed by atoms with Crippen LogP contribution in [0.2, 0.25) is 0 Å². The van der Waals surface area contributed by atoms with Gasteiger partial charge in [0.2, 0.25) is 0 Å². The van der Waals surface area contributed by atoms with Crippen LogP contribution in [0.3, 0.4) is 0 Å². The van der Waals surface area contributed by atoms with E-state index in [4.69, 9.17) is 5.26 Å². The molecule has 2 atom stereocenters. The predicted octanol–water partition coefficient (Wildman–Crippen LogP) is 2.68. The lowest BCUT2D eigenvalue weighted by atomic mass is 9.94. The van der Waals surface area contributed by atoms with Crippen LogP contribution in [0.15, 0.2) is 30.3 Å². The Balaban J connectivity index is 2.74. The molecule has 0 aliphatic carbocycles. The molecule has 0 bridgehead atoms. The summed E-state index contributed by atoms with van der Waals surface area (Å²) in [5, 5.41) is 12.4. The van der Waals surface area contributed by atoms with Crippen molar-refractivity contribution in [3.05, 3.63) is 35.9 Å². The maximum atomic E-state index is 9.09. The Morgan fingerprint density at radius 2 is 1.73 bits per heavy atom. The number of nitrogens with zero attached hydrogens (tertiary/aromatic N) is 1. The monoisotopic (exact) mass is 202 g/mol. The summed E-state index contributed by atoms with van der Waals surface area (Å²) in [4.78, 5) is 0. The average molecular weight is 202 g/mol. The Morgan fingerprint density at radius 1 is 1.13 bits per heavy atom. The van der Waals surface area contributed by atoms with E-state index in [0.29, 0.717) is 6.04 Å². The van der Waals surface area contributed by atoms with Gasteiger partial charge in [-0.3, -0.25) is 5.32 Å². The van der Waals surface area contributed by atoms with Crippen molar-refractivity contribution in [2.75, 3.05) is 0 Å². The second kappa shape index (κ2) is 5.53. The highest BCUT2D eigenvalue weighted by molar-refractivity contribution is 5.22. The normalized spacial score (nSPS) is 14.6. The number of nitrogens with one attached hydrogen (secondary N) is 1. The van der Waals surface area contributed by atoms with Crippen molar-refractivity contribution < 1.29 is 0 Å². The minimum atomic E-state index is -0.118. The molecule has 2 unspecified atom stereocenters. The lowest BCUT2D eigenvalue weighted by Gasteiger charge is -2.21. The zero-order valence-electron chi connectivity index (χ0n) is 9.57. The number of hydrogen-bond acceptors (Lipinski definition) is 2. The van der Waals surface area contributed by atoms with Gasteiger partial charge in [0.15, 0.2) is 0 Å². The summed E-state index contributed by atoms with van der Waals surface area (Å²) in [7, 11) is 0. The molecule has 0 saturated heterocycles. The first-order valence-electron chi connectivity index (χ1n) is 5.35. The van der Waals surface area contributed by atoms with Gasteiger partial charge in [-0.05, 0) is 19.4 Å². The largest absolute Gasteiger partial charge is 0.299 e. The van der Waals surface area contributed by atoms with E-state index in [1.165, 1.54) is 5.56 Å². The molecule has 1 aromatic carbocycles. The average Bonchev–Trinajstić information content (AvgIpc) is 2.26. The second-order valence-corrected chi connectivity index (χ2v) is 4.13. The zero-order chi connectivity index (χ0) is 11.3. The van der Waals surface area contributed by atoms with Gasteiger partial charge in [0.05, 0.1) is 6.07 Å². The molecule has 0 fully saturated rings. The molecule has 0 amide bonds. The molecule has 80 valence electrons. The molecule has 0 saturated carbocycles. The standard InChI is InChI=1S/C13H18N2/c1-10(2)15-13(9-14)11(3)12-7-5-4-6-8-12/h4-8,10-11,13,15H,1-3H3. The Bertz CT molecular complexity index is 324. The molecule has 0 heterocycles. The minimum Gasteiger partial charge on any atom is -0.299 e. The number of hydrogen-bond donors (Lipinski definition) is 1. The van der Waals surface area contributed by atoms with Gasteiger partial charge in [-0.2, -0.15) is 5.26 Å². The molecule has 0 spiro atoms. The predicted molar refractivity (Wildman–Crippen MR) is 62.5 cm³/mol. The molecule has 1 N–H and O–H groups in total. The van der Waals surface area contributed by atoms with Crippen molar-refractivity contribution >= 4 is 0 Å². The van der Waals surface area contributed by atoms with Gasteiger partial charge < -0.3 is 0 Å². The zero-order valence-corrected chi connectivity index (χ0v) is 9.57. The first-order chi connectivity index (χ1) is 7.15. The van der Waals surface area contributed by atoms with E-state index in [1.54, 1.807) is 0 Å². The highest BCUT2D eigenvalue weighted by atomic mass is 14.9. The first-order valence-corrected chi connectivity index (χ1v) is 5.35. The maximum absolute atomic E-state index is 9.09. The molecular formula is C13H18N2. The summed E-state index contributed by atoms with van der Waals surface area (Å²) in [6.45, 7) is 6.20. The topological polar surface area (TPSA) is 35.8 Å². The third-order valence-electron chi connectivity index (χ3n) is 2.48. The lowest BCUT2D eigenvalue weighted by Crippen LogP contribution is -2.37. The van der Waals surface area contributed by atoms with E-state index in [2.05, 4.69) is 44.3 Å². The smallest absolute Gasteiger partial charge is 0.102 e. The Hall–Kier alpha value is -1.33. The molecule has 0 aliphatic rings. The summed E-state index contributed by atoms with van der Waals surface area (Å²) < 4.78 is 0. The van der Waals surface area contributed by atoms with Crippen molar-refractivity contribution in [2.24, 2.45) is 0 Å². The molecule has 1 rings (SSSR count). The van der Waals surface area contributed by atoms with Crippen LogP contribution >= 0.6 is 0 Å².